The van der Waals surface area contributed by atoms with E-state index in [1.54, 1.807) is 26.2 Å². The number of hydrazone groups is 1. The predicted molar refractivity (Wildman–Crippen MR) is 142 cm³/mol. The van der Waals surface area contributed by atoms with Crippen LogP contribution in [0.5, 0.6) is 11.5 Å². The third-order valence-corrected chi connectivity index (χ3v) is 6.22. The number of ether oxygens (including phenoxy) is 2. The number of benzene rings is 3. The lowest BCUT2D eigenvalue weighted by molar-refractivity contribution is 0.0946. The quantitative estimate of drug-likeness (QED) is 0.207. The number of methoxy groups -OCH3 is 1. The van der Waals surface area contributed by atoms with Crippen LogP contribution in [0, 0.1) is 6.92 Å². The van der Waals surface area contributed by atoms with E-state index in [2.05, 4.69) is 69.9 Å². The Labute approximate surface area is 224 Å². The average Bonchev–Trinajstić information content (AvgIpc) is 3.52. The Bertz CT molecular complexity index is 1660. The van der Waals surface area contributed by atoms with Crippen LogP contribution >= 0.6 is 15.9 Å². The molecule has 0 aliphatic carbocycles. The van der Waals surface area contributed by atoms with Crippen LogP contribution in [0.2, 0.25) is 0 Å². The number of aryl methyl sites for hydroxylation is 1. The molecule has 0 fully saturated rings. The monoisotopic (exact) mass is 576 g/mol. The Balaban J connectivity index is 1.31. The van der Waals surface area contributed by atoms with E-state index in [9.17, 15) is 4.79 Å². The van der Waals surface area contributed by atoms with Crippen LogP contribution in [-0.4, -0.2) is 44.5 Å². The van der Waals surface area contributed by atoms with Crippen molar-refractivity contribution >= 4 is 44.6 Å². The molecule has 5 aromatic rings. The highest BCUT2D eigenvalue weighted by Gasteiger charge is 2.22. The fraction of sp³-hybridized carbons (Fsp3) is 0.120. The number of hydrogen-bond acceptors (Lipinski definition) is 10. The molecule has 3 N–H and O–H groups in total. The summed E-state index contributed by atoms with van der Waals surface area (Å²) in [6.07, 6.45) is 1.47. The first-order valence-corrected chi connectivity index (χ1v) is 12.1. The van der Waals surface area contributed by atoms with Gasteiger partial charge in [-0.25, -0.2) is 10.1 Å². The van der Waals surface area contributed by atoms with E-state index in [-0.39, 0.29) is 17.3 Å². The molecule has 0 aliphatic rings. The predicted octanol–water partition coefficient (Wildman–Crippen LogP) is 3.81. The van der Waals surface area contributed by atoms with E-state index in [1.807, 2.05) is 24.3 Å². The molecule has 2 heterocycles. The molecule has 0 radical (unpaired) electrons. The van der Waals surface area contributed by atoms with Crippen LogP contribution in [0.3, 0.4) is 0 Å². The molecule has 0 atom stereocenters. The van der Waals surface area contributed by atoms with Gasteiger partial charge in [-0.3, -0.25) is 4.79 Å². The smallest absolute Gasteiger partial charge is 0.292 e. The van der Waals surface area contributed by atoms with Crippen LogP contribution < -0.4 is 20.6 Å². The van der Waals surface area contributed by atoms with Crippen molar-refractivity contribution in [3.63, 3.8) is 0 Å². The normalized spacial score (nSPS) is 11.2. The van der Waals surface area contributed by atoms with Gasteiger partial charge in [0.1, 0.15) is 6.61 Å². The number of carbonyl (C=O) groups is 1. The summed E-state index contributed by atoms with van der Waals surface area (Å²) in [6, 6.07) is 17.8. The van der Waals surface area contributed by atoms with Crippen LogP contribution in [-0.2, 0) is 6.61 Å². The second-order valence-electron chi connectivity index (χ2n) is 8.07. The minimum atomic E-state index is -0.577. The van der Waals surface area contributed by atoms with Crippen LogP contribution in [0.25, 0.3) is 16.6 Å². The molecule has 12 nitrogen and oxygen atoms in total. The van der Waals surface area contributed by atoms with Crippen molar-refractivity contribution in [3.05, 3.63) is 81.6 Å². The van der Waals surface area contributed by atoms with Crippen molar-refractivity contribution in [2.75, 3.05) is 12.8 Å². The summed E-state index contributed by atoms with van der Waals surface area (Å²) >= 11 is 3.55. The maximum atomic E-state index is 12.8. The fourth-order valence-corrected chi connectivity index (χ4v) is 4.42. The van der Waals surface area contributed by atoms with E-state index < -0.39 is 5.91 Å². The summed E-state index contributed by atoms with van der Waals surface area (Å²) in [5, 5.41) is 21.3. The zero-order valence-corrected chi connectivity index (χ0v) is 21.8. The van der Waals surface area contributed by atoms with E-state index in [1.165, 1.54) is 6.21 Å². The Hall–Kier alpha value is -4.78. The van der Waals surface area contributed by atoms with Gasteiger partial charge in [0.05, 0.1) is 23.5 Å². The summed E-state index contributed by atoms with van der Waals surface area (Å²) in [4.78, 5) is 12.8. The highest BCUT2D eigenvalue weighted by atomic mass is 79.9. The number of nitrogen functional groups attached to an aromatic ring is 1. The van der Waals surface area contributed by atoms with Gasteiger partial charge in [0.25, 0.3) is 5.91 Å². The number of carbonyl (C=O) groups excluding carboxylic acids is 1. The standard InChI is InChI=1S/C25H21BrN8O4/c1-14-21(34(33-29-14)24-23(27)31-38-32-24)25(35)30-28-12-15-10-19(26)22(20(11-15)36-2)37-13-17-8-5-7-16-6-3-4-9-18(16)17/h3-12H,13H2,1-2H3,(H2,27,31)(H,30,35)/b28-12+. The lowest BCUT2D eigenvalue weighted by Crippen LogP contribution is -2.22. The number of fused-ring (bicyclic) bond motifs is 1. The zero-order chi connectivity index (χ0) is 26.6. The van der Waals surface area contributed by atoms with Crippen molar-refractivity contribution in [2.45, 2.75) is 13.5 Å². The molecular weight excluding hydrogens is 556 g/mol. The number of nitrogens with one attached hydrogen (secondary N) is 1. The molecule has 0 unspecified atom stereocenters. The number of halogens is 1. The Kier molecular flexibility index (Phi) is 7.00. The topological polar surface area (TPSA) is 156 Å². The summed E-state index contributed by atoms with van der Waals surface area (Å²) < 4.78 is 18.1. The molecule has 1 amide bonds. The molecule has 0 bridgehead atoms. The lowest BCUT2D eigenvalue weighted by Gasteiger charge is -2.14. The number of aromatic nitrogens is 5. The third kappa shape index (κ3) is 4.91. The highest BCUT2D eigenvalue weighted by molar-refractivity contribution is 9.10. The highest BCUT2D eigenvalue weighted by Crippen LogP contribution is 2.37. The van der Waals surface area contributed by atoms with Crippen molar-refractivity contribution in [2.24, 2.45) is 5.10 Å². The maximum absolute atomic E-state index is 12.8. The van der Waals surface area contributed by atoms with Gasteiger partial charge in [-0.2, -0.15) is 9.78 Å². The van der Waals surface area contributed by atoms with E-state index in [0.717, 1.165) is 21.0 Å². The van der Waals surface area contributed by atoms with Gasteiger partial charge in [-0.1, -0.05) is 47.7 Å². The fourth-order valence-electron chi connectivity index (χ4n) is 3.84. The van der Waals surface area contributed by atoms with Crippen molar-refractivity contribution in [1.29, 1.82) is 0 Å². The molecule has 38 heavy (non-hydrogen) atoms. The summed E-state index contributed by atoms with van der Waals surface area (Å²) in [5.74, 6) is 0.484. The summed E-state index contributed by atoms with van der Waals surface area (Å²) in [6.45, 7) is 1.97. The van der Waals surface area contributed by atoms with Gasteiger partial charge < -0.3 is 15.2 Å². The SMILES string of the molecule is COc1cc(/C=N/NC(=O)c2c(C)nnn2-c2nonc2N)cc(Br)c1OCc1cccc2ccccc12. The summed E-state index contributed by atoms with van der Waals surface area (Å²) in [7, 11) is 1.55. The molecule has 0 saturated carbocycles. The molecular formula is C25H21BrN8O4. The number of hydrogen-bond donors (Lipinski definition) is 2. The van der Waals surface area contributed by atoms with Gasteiger partial charge in [0.15, 0.2) is 17.2 Å². The van der Waals surface area contributed by atoms with Gasteiger partial charge in [0, 0.05) is 0 Å². The van der Waals surface area contributed by atoms with Gasteiger partial charge in [-0.15, -0.1) is 5.10 Å². The first kappa shape index (κ1) is 24.9. The number of anilines is 1. The minimum Gasteiger partial charge on any atom is -0.493 e. The average molecular weight is 577 g/mol. The zero-order valence-electron chi connectivity index (χ0n) is 20.3. The van der Waals surface area contributed by atoms with Crippen LogP contribution in [0.15, 0.2) is 68.8 Å². The van der Waals surface area contributed by atoms with Gasteiger partial charge in [-0.05, 0) is 67.2 Å². The molecule has 3 aromatic carbocycles. The van der Waals surface area contributed by atoms with E-state index in [4.69, 9.17) is 15.2 Å². The maximum Gasteiger partial charge on any atom is 0.292 e. The molecule has 5 rings (SSSR count). The molecule has 0 saturated heterocycles. The minimum absolute atomic E-state index is 0.0350. The largest absolute Gasteiger partial charge is 0.493 e. The lowest BCUT2D eigenvalue weighted by atomic mass is 10.1. The molecule has 0 aliphatic heterocycles. The van der Waals surface area contributed by atoms with Crippen LogP contribution in [0.4, 0.5) is 5.82 Å². The first-order chi connectivity index (χ1) is 18.5. The van der Waals surface area contributed by atoms with E-state index in [0.29, 0.717) is 33.8 Å². The Morgan fingerprint density at radius 2 is 2.03 bits per heavy atom. The first-order valence-electron chi connectivity index (χ1n) is 11.3. The second kappa shape index (κ2) is 10.7. The molecule has 13 heteroatoms. The van der Waals surface area contributed by atoms with Crippen molar-refractivity contribution in [1.82, 2.24) is 30.7 Å². The Morgan fingerprint density at radius 3 is 2.82 bits per heavy atom. The van der Waals surface area contributed by atoms with Crippen molar-refractivity contribution < 1.29 is 18.9 Å². The number of nitrogens with zero attached hydrogens (tertiary/aromatic N) is 6. The van der Waals surface area contributed by atoms with Crippen molar-refractivity contribution in [3.8, 4) is 17.3 Å². The number of nitrogens with two attached hydrogens (primary N) is 1. The second-order valence-corrected chi connectivity index (χ2v) is 8.92. The summed E-state index contributed by atoms with van der Waals surface area (Å²) in [5.41, 5.74) is 10.3. The van der Waals surface area contributed by atoms with Gasteiger partial charge >= 0.3 is 0 Å². The van der Waals surface area contributed by atoms with Gasteiger partial charge in [0.2, 0.25) is 11.6 Å². The Morgan fingerprint density at radius 1 is 1.21 bits per heavy atom. The molecule has 192 valence electrons. The molecule has 2 aromatic heterocycles. The third-order valence-electron chi connectivity index (χ3n) is 5.63. The number of rotatable bonds is 8. The van der Waals surface area contributed by atoms with E-state index >= 15 is 0 Å². The van der Waals surface area contributed by atoms with Crippen LogP contribution in [0.1, 0.15) is 27.3 Å². The number of amides is 1. The molecule has 0 spiro atoms.